The van der Waals surface area contributed by atoms with E-state index in [9.17, 15) is 9.18 Å². The van der Waals surface area contributed by atoms with Crippen LogP contribution in [0.25, 0.3) is 11.5 Å². The van der Waals surface area contributed by atoms with E-state index in [0.717, 1.165) is 5.56 Å². The molecule has 3 aromatic rings. The fraction of sp³-hybridized carbons (Fsp3) is 0.118. The smallest absolute Gasteiger partial charge is 0.338 e. The zero-order chi connectivity index (χ0) is 16.2. The van der Waals surface area contributed by atoms with Crippen molar-refractivity contribution in [1.29, 1.82) is 0 Å². The van der Waals surface area contributed by atoms with Gasteiger partial charge in [-0.1, -0.05) is 18.2 Å². The third kappa shape index (κ3) is 3.42. The van der Waals surface area contributed by atoms with E-state index >= 15 is 0 Å². The summed E-state index contributed by atoms with van der Waals surface area (Å²) < 4.78 is 23.6. The number of halogens is 1. The van der Waals surface area contributed by atoms with Crippen LogP contribution in [-0.2, 0) is 4.74 Å². The molecule has 0 spiro atoms. The normalized spacial score (nSPS) is 11.9. The van der Waals surface area contributed by atoms with Crippen LogP contribution < -0.4 is 0 Å². The number of ether oxygens (including phenoxy) is 1. The van der Waals surface area contributed by atoms with Gasteiger partial charge in [-0.25, -0.2) is 9.18 Å². The lowest BCUT2D eigenvalue weighted by atomic mass is 10.2. The minimum absolute atomic E-state index is 0.194. The van der Waals surface area contributed by atoms with Crippen LogP contribution in [0.2, 0.25) is 0 Å². The third-order valence-corrected chi connectivity index (χ3v) is 3.17. The maximum Gasteiger partial charge on any atom is 0.338 e. The summed E-state index contributed by atoms with van der Waals surface area (Å²) in [5.74, 6) is -0.458. The molecule has 0 saturated heterocycles. The third-order valence-electron chi connectivity index (χ3n) is 3.17. The molecule has 0 aliphatic carbocycles. The lowest BCUT2D eigenvalue weighted by Crippen LogP contribution is -2.09. The number of rotatable bonds is 4. The first-order chi connectivity index (χ1) is 11.1. The maximum absolute atomic E-state index is 12.9. The summed E-state index contributed by atoms with van der Waals surface area (Å²) in [6, 6.07) is 14.4. The Balaban J connectivity index is 1.71. The number of hydrogen-bond donors (Lipinski definition) is 0. The molecule has 2 aromatic carbocycles. The standard InChI is InChI=1S/C17H13FN2O3/c1-11(22-17(21)13-7-9-14(18)10-8-13)15-19-20-16(23-15)12-5-3-2-4-6-12/h2-11H,1H3/t11-/m0/s1. The molecular formula is C17H13FN2O3. The summed E-state index contributed by atoms with van der Waals surface area (Å²) in [6.45, 7) is 1.63. The highest BCUT2D eigenvalue weighted by Gasteiger charge is 2.19. The highest BCUT2D eigenvalue weighted by Crippen LogP contribution is 2.22. The van der Waals surface area contributed by atoms with Gasteiger partial charge in [-0.3, -0.25) is 0 Å². The van der Waals surface area contributed by atoms with Crippen LogP contribution in [0.5, 0.6) is 0 Å². The van der Waals surface area contributed by atoms with Gasteiger partial charge in [-0.15, -0.1) is 10.2 Å². The molecule has 0 aliphatic heterocycles. The number of benzene rings is 2. The number of aromatic nitrogens is 2. The predicted molar refractivity (Wildman–Crippen MR) is 80.0 cm³/mol. The van der Waals surface area contributed by atoms with Gasteiger partial charge in [-0.2, -0.15) is 0 Å². The Hall–Kier alpha value is -3.02. The van der Waals surface area contributed by atoms with E-state index in [1.54, 1.807) is 6.92 Å². The zero-order valence-corrected chi connectivity index (χ0v) is 12.3. The molecule has 5 nitrogen and oxygen atoms in total. The van der Waals surface area contributed by atoms with Gasteiger partial charge in [0.1, 0.15) is 5.82 Å². The molecule has 116 valence electrons. The van der Waals surface area contributed by atoms with E-state index in [4.69, 9.17) is 9.15 Å². The topological polar surface area (TPSA) is 65.2 Å². The molecule has 1 atom stereocenters. The van der Waals surface area contributed by atoms with E-state index in [-0.39, 0.29) is 11.5 Å². The van der Waals surface area contributed by atoms with Crippen molar-refractivity contribution in [3.05, 3.63) is 71.9 Å². The molecule has 0 N–H and O–H groups in total. The van der Waals surface area contributed by atoms with Gasteiger partial charge in [0.25, 0.3) is 5.89 Å². The van der Waals surface area contributed by atoms with E-state index < -0.39 is 17.9 Å². The SMILES string of the molecule is C[C@H](OC(=O)c1ccc(F)cc1)c1nnc(-c2ccccc2)o1. The molecule has 0 bridgehead atoms. The second-order valence-corrected chi connectivity index (χ2v) is 4.87. The average molecular weight is 312 g/mol. The summed E-state index contributed by atoms with van der Waals surface area (Å²) >= 11 is 0. The number of carbonyl (C=O) groups is 1. The van der Waals surface area contributed by atoms with Crippen molar-refractivity contribution < 1.29 is 18.3 Å². The molecule has 0 aliphatic rings. The first-order valence-corrected chi connectivity index (χ1v) is 6.99. The van der Waals surface area contributed by atoms with Crippen LogP contribution in [0.15, 0.2) is 59.0 Å². The summed E-state index contributed by atoms with van der Waals surface area (Å²) in [5, 5.41) is 7.84. The van der Waals surface area contributed by atoms with Crippen molar-refractivity contribution in [2.45, 2.75) is 13.0 Å². The molecule has 0 unspecified atom stereocenters. The molecule has 6 heteroatoms. The molecule has 0 saturated carbocycles. The Morgan fingerprint density at radius 1 is 1.09 bits per heavy atom. The fourth-order valence-corrected chi connectivity index (χ4v) is 1.96. The molecule has 0 radical (unpaired) electrons. The monoisotopic (exact) mass is 312 g/mol. The highest BCUT2D eigenvalue weighted by atomic mass is 19.1. The van der Waals surface area contributed by atoms with E-state index in [1.165, 1.54) is 24.3 Å². The van der Waals surface area contributed by atoms with Crippen LogP contribution in [-0.4, -0.2) is 16.2 Å². The second-order valence-electron chi connectivity index (χ2n) is 4.87. The van der Waals surface area contributed by atoms with Crippen LogP contribution in [0.1, 0.15) is 29.3 Å². The molecular weight excluding hydrogens is 299 g/mol. The molecule has 1 heterocycles. The first kappa shape index (κ1) is 14.9. The number of carbonyl (C=O) groups excluding carboxylic acids is 1. The van der Waals surface area contributed by atoms with Crippen molar-refractivity contribution >= 4 is 5.97 Å². The van der Waals surface area contributed by atoms with Gasteiger partial charge < -0.3 is 9.15 Å². The average Bonchev–Trinajstić information content (AvgIpc) is 3.06. The Morgan fingerprint density at radius 3 is 2.48 bits per heavy atom. The van der Waals surface area contributed by atoms with E-state index in [2.05, 4.69) is 10.2 Å². The first-order valence-electron chi connectivity index (χ1n) is 6.99. The van der Waals surface area contributed by atoms with Crippen LogP contribution >= 0.6 is 0 Å². The highest BCUT2D eigenvalue weighted by molar-refractivity contribution is 5.89. The Morgan fingerprint density at radius 2 is 1.78 bits per heavy atom. The molecule has 3 rings (SSSR count). The van der Waals surface area contributed by atoms with Crippen molar-refractivity contribution in [3.63, 3.8) is 0 Å². The lowest BCUT2D eigenvalue weighted by Gasteiger charge is -2.09. The van der Waals surface area contributed by atoms with Gasteiger partial charge in [-0.05, 0) is 43.3 Å². The number of hydrogen-bond acceptors (Lipinski definition) is 5. The van der Waals surface area contributed by atoms with Gasteiger partial charge >= 0.3 is 5.97 Å². The summed E-state index contributed by atoms with van der Waals surface area (Å²) in [7, 11) is 0. The second kappa shape index (κ2) is 6.39. The van der Waals surface area contributed by atoms with Gasteiger partial charge in [0.2, 0.25) is 5.89 Å². The van der Waals surface area contributed by atoms with Crippen LogP contribution in [0, 0.1) is 5.82 Å². The summed E-state index contributed by atoms with van der Waals surface area (Å²) in [4.78, 5) is 12.0. The quantitative estimate of drug-likeness (QED) is 0.686. The lowest BCUT2D eigenvalue weighted by molar-refractivity contribution is 0.0280. The van der Waals surface area contributed by atoms with Crippen molar-refractivity contribution in [2.24, 2.45) is 0 Å². The van der Waals surface area contributed by atoms with Crippen molar-refractivity contribution in [2.75, 3.05) is 0 Å². The van der Waals surface area contributed by atoms with Gasteiger partial charge in [0.05, 0.1) is 5.56 Å². The van der Waals surface area contributed by atoms with E-state index in [0.29, 0.717) is 5.89 Å². The minimum Gasteiger partial charge on any atom is -0.449 e. The minimum atomic E-state index is -0.711. The van der Waals surface area contributed by atoms with Crippen LogP contribution in [0.3, 0.4) is 0 Å². The zero-order valence-electron chi connectivity index (χ0n) is 12.3. The number of nitrogens with zero attached hydrogens (tertiary/aromatic N) is 2. The molecule has 0 amide bonds. The molecule has 23 heavy (non-hydrogen) atoms. The van der Waals surface area contributed by atoms with Crippen molar-refractivity contribution in [1.82, 2.24) is 10.2 Å². The summed E-state index contributed by atoms with van der Waals surface area (Å²) in [6.07, 6.45) is -0.711. The fourth-order valence-electron chi connectivity index (χ4n) is 1.96. The van der Waals surface area contributed by atoms with Gasteiger partial charge in [0, 0.05) is 5.56 Å². The molecule has 0 fully saturated rings. The predicted octanol–water partition coefficient (Wildman–Crippen LogP) is 3.79. The number of esters is 1. The van der Waals surface area contributed by atoms with Crippen molar-refractivity contribution in [3.8, 4) is 11.5 Å². The largest absolute Gasteiger partial charge is 0.449 e. The van der Waals surface area contributed by atoms with Crippen LogP contribution in [0.4, 0.5) is 4.39 Å². The Labute approximate surface area is 131 Å². The Bertz CT molecular complexity index is 800. The maximum atomic E-state index is 12.9. The van der Waals surface area contributed by atoms with E-state index in [1.807, 2.05) is 30.3 Å². The Kier molecular flexibility index (Phi) is 4.14. The van der Waals surface area contributed by atoms with Gasteiger partial charge in [0.15, 0.2) is 6.10 Å². The summed E-state index contributed by atoms with van der Waals surface area (Å²) in [5.41, 5.74) is 1.03. The molecule has 1 aromatic heterocycles.